The third-order valence-electron chi connectivity index (χ3n) is 2.43. The zero-order valence-corrected chi connectivity index (χ0v) is 9.98. The summed E-state index contributed by atoms with van der Waals surface area (Å²) in [5.41, 5.74) is 1.39. The van der Waals surface area contributed by atoms with Gasteiger partial charge < -0.3 is 14.8 Å². The molecule has 0 aliphatic carbocycles. The van der Waals surface area contributed by atoms with Crippen LogP contribution in [0.3, 0.4) is 0 Å². The van der Waals surface area contributed by atoms with Crippen LogP contribution in [0.5, 0.6) is 0 Å². The predicted octanol–water partition coefficient (Wildman–Crippen LogP) is 0.0772. The molecule has 1 aromatic rings. The van der Waals surface area contributed by atoms with Crippen LogP contribution in [0, 0.1) is 6.92 Å². The molecule has 0 saturated carbocycles. The maximum atomic E-state index is 11.7. The molecule has 0 aromatic carbocycles. The van der Waals surface area contributed by atoms with E-state index in [0.29, 0.717) is 12.1 Å². The maximum absolute atomic E-state index is 11.7. The Hall–Kier alpha value is -1.40. The van der Waals surface area contributed by atoms with E-state index in [9.17, 15) is 4.79 Å². The second-order valence-electron chi connectivity index (χ2n) is 3.38. The van der Waals surface area contributed by atoms with Crippen molar-refractivity contribution in [3.05, 3.63) is 17.5 Å². The first kappa shape index (κ1) is 12.7. The van der Waals surface area contributed by atoms with Crippen LogP contribution >= 0.6 is 0 Å². The van der Waals surface area contributed by atoms with Crippen LogP contribution in [-0.4, -0.2) is 42.7 Å². The van der Waals surface area contributed by atoms with Crippen LogP contribution in [0.15, 0.2) is 6.20 Å². The van der Waals surface area contributed by atoms with Gasteiger partial charge in [0.1, 0.15) is 0 Å². The van der Waals surface area contributed by atoms with Crippen molar-refractivity contribution in [2.75, 3.05) is 20.8 Å². The van der Waals surface area contributed by atoms with Crippen LogP contribution in [0.4, 0.5) is 0 Å². The van der Waals surface area contributed by atoms with E-state index in [1.54, 1.807) is 17.9 Å². The molecule has 1 N–H and O–H groups in total. The Balaban J connectivity index is 2.56. The number of hydrogen-bond acceptors (Lipinski definition) is 4. The number of nitrogens with one attached hydrogen (secondary N) is 1. The quantitative estimate of drug-likeness (QED) is 0.723. The topological polar surface area (TPSA) is 65.4 Å². The van der Waals surface area contributed by atoms with Gasteiger partial charge in [-0.05, 0) is 6.92 Å². The van der Waals surface area contributed by atoms with Crippen molar-refractivity contribution in [2.24, 2.45) is 7.05 Å². The van der Waals surface area contributed by atoms with Crippen molar-refractivity contribution in [3.8, 4) is 0 Å². The number of amides is 1. The molecule has 0 aliphatic rings. The number of rotatable bonds is 5. The van der Waals surface area contributed by atoms with E-state index in [-0.39, 0.29) is 5.91 Å². The summed E-state index contributed by atoms with van der Waals surface area (Å²) in [6.45, 7) is 2.15. The Kier molecular flexibility index (Phi) is 4.45. The lowest BCUT2D eigenvalue weighted by Crippen LogP contribution is -2.34. The van der Waals surface area contributed by atoms with E-state index in [4.69, 9.17) is 9.47 Å². The molecule has 6 nitrogen and oxygen atoms in total. The summed E-state index contributed by atoms with van der Waals surface area (Å²) in [7, 11) is 4.84. The molecule has 0 aliphatic heterocycles. The molecule has 1 rings (SSSR count). The van der Waals surface area contributed by atoms with E-state index in [1.807, 2.05) is 6.92 Å². The molecular weight excluding hydrogens is 210 g/mol. The first-order valence-corrected chi connectivity index (χ1v) is 4.92. The number of aromatic nitrogens is 2. The molecule has 0 unspecified atom stereocenters. The zero-order valence-electron chi connectivity index (χ0n) is 9.98. The highest BCUT2D eigenvalue weighted by atomic mass is 16.7. The lowest BCUT2D eigenvalue weighted by molar-refractivity contribution is -0.0974. The van der Waals surface area contributed by atoms with Gasteiger partial charge in [-0.3, -0.25) is 9.48 Å². The van der Waals surface area contributed by atoms with E-state index >= 15 is 0 Å². The lowest BCUT2D eigenvalue weighted by atomic mass is 10.2. The largest absolute Gasteiger partial charge is 0.354 e. The Morgan fingerprint density at radius 2 is 2.19 bits per heavy atom. The van der Waals surface area contributed by atoms with Crippen molar-refractivity contribution in [3.63, 3.8) is 0 Å². The standard InChI is InChI=1S/C10H17N3O3/c1-7-8(5-12-13(7)2)10(14)11-6-9(15-3)16-4/h5,9H,6H2,1-4H3,(H,11,14). The second kappa shape index (κ2) is 5.62. The number of aryl methyl sites for hydroxylation is 1. The highest BCUT2D eigenvalue weighted by Crippen LogP contribution is 2.04. The van der Waals surface area contributed by atoms with Gasteiger partial charge in [0.15, 0.2) is 6.29 Å². The van der Waals surface area contributed by atoms with Gasteiger partial charge in [-0.25, -0.2) is 0 Å². The smallest absolute Gasteiger partial charge is 0.254 e. The van der Waals surface area contributed by atoms with E-state index < -0.39 is 6.29 Å². The maximum Gasteiger partial charge on any atom is 0.254 e. The number of carbonyl (C=O) groups excluding carboxylic acids is 1. The van der Waals surface area contributed by atoms with Gasteiger partial charge in [-0.1, -0.05) is 0 Å². The van der Waals surface area contributed by atoms with Crippen molar-refractivity contribution in [1.82, 2.24) is 15.1 Å². The average molecular weight is 227 g/mol. The fraction of sp³-hybridized carbons (Fsp3) is 0.600. The molecular formula is C10H17N3O3. The first-order valence-electron chi connectivity index (χ1n) is 4.92. The van der Waals surface area contributed by atoms with Gasteiger partial charge in [0.25, 0.3) is 5.91 Å². The molecule has 1 heterocycles. The normalized spacial score (nSPS) is 10.8. The Labute approximate surface area is 94.5 Å². The predicted molar refractivity (Wildman–Crippen MR) is 58.1 cm³/mol. The minimum absolute atomic E-state index is 0.176. The molecule has 1 aromatic heterocycles. The number of carbonyl (C=O) groups is 1. The molecule has 0 bridgehead atoms. The van der Waals surface area contributed by atoms with E-state index in [2.05, 4.69) is 10.4 Å². The summed E-state index contributed by atoms with van der Waals surface area (Å²) in [6.07, 6.45) is 1.11. The fourth-order valence-corrected chi connectivity index (χ4v) is 1.26. The van der Waals surface area contributed by atoms with Gasteiger partial charge in [0.05, 0.1) is 18.3 Å². The Morgan fingerprint density at radius 3 is 2.62 bits per heavy atom. The molecule has 1 amide bonds. The van der Waals surface area contributed by atoms with Crippen LogP contribution in [0.2, 0.25) is 0 Å². The third kappa shape index (κ3) is 2.80. The fourth-order valence-electron chi connectivity index (χ4n) is 1.26. The molecule has 90 valence electrons. The number of hydrogen-bond donors (Lipinski definition) is 1. The highest BCUT2D eigenvalue weighted by molar-refractivity contribution is 5.94. The van der Waals surface area contributed by atoms with Gasteiger partial charge in [0.2, 0.25) is 0 Å². The molecule has 0 fully saturated rings. The van der Waals surface area contributed by atoms with Gasteiger partial charge in [-0.2, -0.15) is 5.10 Å². The summed E-state index contributed by atoms with van der Waals surface area (Å²) < 4.78 is 11.6. The molecule has 0 atom stereocenters. The van der Waals surface area contributed by atoms with Crippen molar-refractivity contribution < 1.29 is 14.3 Å². The van der Waals surface area contributed by atoms with Gasteiger partial charge >= 0.3 is 0 Å². The lowest BCUT2D eigenvalue weighted by Gasteiger charge is -2.13. The average Bonchev–Trinajstić information content (AvgIpc) is 2.61. The SMILES string of the molecule is COC(CNC(=O)c1cnn(C)c1C)OC. The monoisotopic (exact) mass is 227 g/mol. The molecule has 0 saturated heterocycles. The van der Waals surface area contributed by atoms with Crippen LogP contribution in [0.1, 0.15) is 16.1 Å². The minimum atomic E-state index is -0.430. The summed E-state index contributed by atoms with van der Waals surface area (Å²) in [5, 5.41) is 6.71. The Bertz CT molecular complexity index is 358. The summed E-state index contributed by atoms with van der Waals surface area (Å²) >= 11 is 0. The van der Waals surface area contributed by atoms with Gasteiger partial charge in [-0.15, -0.1) is 0 Å². The minimum Gasteiger partial charge on any atom is -0.354 e. The van der Waals surface area contributed by atoms with Gasteiger partial charge in [0, 0.05) is 27.0 Å². The number of nitrogens with zero attached hydrogens (tertiary/aromatic N) is 2. The summed E-state index contributed by atoms with van der Waals surface area (Å²) in [6, 6.07) is 0. The molecule has 6 heteroatoms. The third-order valence-corrected chi connectivity index (χ3v) is 2.43. The van der Waals surface area contributed by atoms with E-state index in [0.717, 1.165) is 5.69 Å². The highest BCUT2D eigenvalue weighted by Gasteiger charge is 2.14. The second-order valence-corrected chi connectivity index (χ2v) is 3.38. The zero-order chi connectivity index (χ0) is 12.1. The summed E-state index contributed by atoms with van der Waals surface area (Å²) in [5.74, 6) is -0.176. The summed E-state index contributed by atoms with van der Waals surface area (Å²) in [4.78, 5) is 11.7. The number of ether oxygens (including phenoxy) is 2. The number of methoxy groups -OCH3 is 2. The van der Waals surface area contributed by atoms with Crippen LogP contribution in [0.25, 0.3) is 0 Å². The van der Waals surface area contributed by atoms with E-state index in [1.165, 1.54) is 14.2 Å². The van der Waals surface area contributed by atoms with Crippen molar-refractivity contribution in [1.29, 1.82) is 0 Å². The first-order chi connectivity index (χ1) is 7.60. The van der Waals surface area contributed by atoms with Crippen LogP contribution in [-0.2, 0) is 16.5 Å². The molecule has 0 radical (unpaired) electrons. The van der Waals surface area contributed by atoms with Crippen molar-refractivity contribution in [2.45, 2.75) is 13.2 Å². The van der Waals surface area contributed by atoms with Crippen LogP contribution < -0.4 is 5.32 Å². The molecule has 16 heavy (non-hydrogen) atoms. The Morgan fingerprint density at radius 1 is 1.56 bits per heavy atom. The molecule has 0 spiro atoms. The van der Waals surface area contributed by atoms with Crippen molar-refractivity contribution >= 4 is 5.91 Å².